The summed E-state index contributed by atoms with van der Waals surface area (Å²) in [6.45, 7) is 4.90. The summed E-state index contributed by atoms with van der Waals surface area (Å²) in [6.07, 6.45) is 2.71. The number of hydrogen-bond acceptors (Lipinski definition) is 4. The Morgan fingerprint density at radius 1 is 1.17 bits per heavy atom. The summed E-state index contributed by atoms with van der Waals surface area (Å²) >= 11 is 1.40. The first-order valence-electron chi connectivity index (χ1n) is 12.0. The lowest BCUT2D eigenvalue weighted by Crippen LogP contribution is -2.46. The summed E-state index contributed by atoms with van der Waals surface area (Å²) in [4.78, 5) is 27.5. The van der Waals surface area contributed by atoms with Gasteiger partial charge in [-0.3, -0.25) is 9.59 Å². The first kappa shape index (κ1) is 27.8. The fraction of sp³-hybridized carbons (Fsp3) is 0.407. The fourth-order valence-electron chi connectivity index (χ4n) is 4.31. The molecule has 2 aromatic rings. The SMILES string of the molecule is C/C=C(/CCNC(=O)C1SCCN1C(=O)C[C@@H](Cc1cc(F)c(F)cc1F)NC)c1ccccc1C. The molecule has 1 aliphatic heterocycles. The third-order valence-corrected chi connectivity index (χ3v) is 7.56. The number of amides is 2. The monoisotopic (exact) mass is 519 g/mol. The van der Waals surface area contributed by atoms with Gasteiger partial charge in [0.1, 0.15) is 5.82 Å². The number of rotatable bonds is 10. The third-order valence-electron chi connectivity index (χ3n) is 6.35. The second kappa shape index (κ2) is 13.0. The second-order valence-electron chi connectivity index (χ2n) is 8.73. The lowest BCUT2D eigenvalue weighted by Gasteiger charge is -2.25. The van der Waals surface area contributed by atoms with Crippen LogP contribution < -0.4 is 10.6 Å². The maximum Gasteiger partial charge on any atom is 0.253 e. The molecule has 2 N–H and O–H groups in total. The minimum atomic E-state index is -1.25. The number of aryl methyl sites for hydroxylation is 1. The molecule has 36 heavy (non-hydrogen) atoms. The number of likely N-dealkylation sites (N-methyl/N-ethyl adjacent to an activating group) is 1. The van der Waals surface area contributed by atoms with Gasteiger partial charge in [0.15, 0.2) is 17.0 Å². The van der Waals surface area contributed by atoms with Crippen LogP contribution >= 0.6 is 11.8 Å². The lowest BCUT2D eigenvalue weighted by atomic mass is 9.98. The van der Waals surface area contributed by atoms with Crippen LogP contribution in [0.25, 0.3) is 5.57 Å². The summed E-state index contributed by atoms with van der Waals surface area (Å²) in [7, 11) is 1.62. The summed E-state index contributed by atoms with van der Waals surface area (Å²) in [5.41, 5.74) is 3.44. The number of nitrogens with one attached hydrogen (secondary N) is 2. The maximum absolute atomic E-state index is 14.1. The van der Waals surface area contributed by atoms with Crippen molar-refractivity contribution in [2.45, 2.75) is 44.5 Å². The zero-order chi connectivity index (χ0) is 26.2. The van der Waals surface area contributed by atoms with Crippen LogP contribution in [0.15, 0.2) is 42.5 Å². The molecule has 1 heterocycles. The summed E-state index contributed by atoms with van der Waals surface area (Å²) in [6, 6.07) is 8.91. The molecule has 1 saturated heterocycles. The van der Waals surface area contributed by atoms with E-state index >= 15 is 0 Å². The number of hydrogen-bond donors (Lipinski definition) is 2. The molecular weight excluding hydrogens is 487 g/mol. The maximum atomic E-state index is 14.1. The Kier molecular flexibility index (Phi) is 10.0. The number of nitrogens with zero attached hydrogens (tertiary/aromatic N) is 1. The van der Waals surface area contributed by atoms with E-state index in [1.807, 2.05) is 25.1 Å². The highest BCUT2D eigenvalue weighted by Gasteiger charge is 2.35. The Labute approximate surface area is 214 Å². The summed E-state index contributed by atoms with van der Waals surface area (Å²) in [5.74, 6) is -3.09. The molecule has 0 radical (unpaired) electrons. The molecule has 1 fully saturated rings. The van der Waals surface area contributed by atoms with E-state index in [0.717, 1.165) is 17.2 Å². The van der Waals surface area contributed by atoms with E-state index in [4.69, 9.17) is 0 Å². The number of carbonyl (C=O) groups excluding carboxylic acids is 2. The fourth-order valence-corrected chi connectivity index (χ4v) is 5.47. The molecule has 0 spiro atoms. The molecule has 0 bridgehead atoms. The number of allylic oxidation sites excluding steroid dienone is 1. The Balaban J connectivity index is 1.56. The smallest absolute Gasteiger partial charge is 0.253 e. The molecule has 2 amide bonds. The molecule has 0 aromatic heterocycles. The lowest BCUT2D eigenvalue weighted by molar-refractivity contribution is -0.136. The highest BCUT2D eigenvalue weighted by molar-refractivity contribution is 8.00. The van der Waals surface area contributed by atoms with Crippen LogP contribution in [0, 0.1) is 24.4 Å². The van der Waals surface area contributed by atoms with E-state index in [0.29, 0.717) is 31.3 Å². The van der Waals surface area contributed by atoms with Gasteiger partial charge < -0.3 is 15.5 Å². The van der Waals surface area contributed by atoms with Gasteiger partial charge in [0.2, 0.25) is 5.91 Å². The van der Waals surface area contributed by atoms with Crippen LogP contribution in [-0.4, -0.2) is 54.0 Å². The zero-order valence-corrected chi connectivity index (χ0v) is 21.6. The van der Waals surface area contributed by atoms with E-state index in [9.17, 15) is 22.8 Å². The van der Waals surface area contributed by atoms with E-state index in [2.05, 4.69) is 29.7 Å². The van der Waals surface area contributed by atoms with Gasteiger partial charge >= 0.3 is 0 Å². The average molecular weight is 520 g/mol. The first-order valence-corrected chi connectivity index (χ1v) is 13.0. The highest BCUT2D eigenvalue weighted by atomic mass is 32.2. The summed E-state index contributed by atoms with van der Waals surface area (Å²) < 4.78 is 40.9. The Morgan fingerprint density at radius 2 is 1.89 bits per heavy atom. The van der Waals surface area contributed by atoms with Crippen molar-refractivity contribution in [3.63, 3.8) is 0 Å². The molecule has 3 rings (SSSR count). The van der Waals surface area contributed by atoms with Crippen molar-refractivity contribution in [2.24, 2.45) is 0 Å². The standard InChI is InChI=1S/C27H32F3N3O2S/c1-4-18(21-8-6-5-7-17(21)2)9-10-32-26(35)27-33(11-12-36-27)25(34)15-20(31-3)13-19-14-23(29)24(30)16-22(19)28/h4-8,14,16,20,27,31H,9-13,15H2,1-3H3,(H,32,35)/b18-4-/t20-,27?/m1/s1. The predicted octanol–water partition coefficient (Wildman–Crippen LogP) is 4.44. The molecule has 1 unspecified atom stereocenters. The Hall–Kier alpha value is -2.78. The van der Waals surface area contributed by atoms with Crippen LogP contribution in [0.1, 0.15) is 36.5 Å². The topological polar surface area (TPSA) is 61.4 Å². The number of benzene rings is 2. The van der Waals surface area contributed by atoms with Crippen LogP contribution in [0.5, 0.6) is 0 Å². The van der Waals surface area contributed by atoms with Crippen LogP contribution in [-0.2, 0) is 16.0 Å². The second-order valence-corrected chi connectivity index (χ2v) is 9.92. The van der Waals surface area contributed by atoms with Gasteiger partial charge in [-0.05, 0) is 62.1 Å². The zero-order valence-electron chi connectivity index (χ0n) is 20.7. The van der Waals surface area contributed by atoms with Crippen molar-refractivity contribution in [3.8, 4) is 0 Å². The van der Waals surface area contributed by atoms with Gasteiger partial charge in [0, 0.05) is 37.4 Å². The van der Waals surface area contributed by atoms with E-state index in [1.54, 1.807) is 7.05 Å². The first-order chi connectivity index (χ1) is 17.2. The van der Waals surface area contributed by atoms with Crippen LogP contribution in [0.4, 0.5) is 13.2 Å². The minimum Gasteiger partial charge on any atom is -0.353 e. The normalized spacial score (nSPS) is 16.8. The van der Waals surface area contributed by atoms with Gasteiger partial charge in [-0.2, -0.15) is 0 Å². The molecule has 194 valence electrons. The molecule has 1 aliphatic rings. The molecule has 9 heteroatoms. The van der Waals surface area contributed by atoms with Gasteiger partial charge in [-0.15, -0.1) is 11.8 Å². The van der Waals surface area contributed by atoms with Gasteiger partial charge in [0.25, 0.3) is 5.91 Å². The predicted molar refractivity (Wildman–Crippen MR) is 138 cm³/mol. The minimum absolute atomic E-state index is 0.00468. The molecule has 2 aromatic carbocycles. The highest BCUT2D eigenvalue weighted by Crippen LogP contribution is 2.26. The number of carbonyl (C=O) groups is 2. The molecular formula is C27H32F3N3O2S. The molecule has 5 nitrogen and oxygen atoms in total. The van der Waals surface area contributed by atoms with Crippen molar-refractivity contribution >= 4 is 29.1 Å². The quantitative estimate of drug-likeness (QED) is 0.456. The van der Waals surface area contributed by atoms with Crippen molar-refractivity contribution in [1.29, 1.82) is 0 Å². The van der Waals surface area contributed by atoms with E-state index in [-0.39, 0.29) is 30.2 Å². The number of halogens is 3. The van der Waals surface area contributed by atoms with Crippen molar-refractivity contribution < 1.29 is 22.8 Å². The van der Waals surface area contributed by atoms with Crippen molar-refractivity contribution in [1.82, 2.24) is 15.5 Å². The molecule has 2 atom stereocenters. The van der Waals surface area contributed by atoms with Gasteiger partial charge in [0.05, 0.1) is 0 Å². The van der Waals surface area contributed by atoms with Gasteiger partial charge in [-0.25, -0.2) is 13.2 Å². The van der Waals surface area contributed by atoms with Crippen molar-refractivity contribution in [2.75, 3.05) is 25.9 Å². The van der Waals surface area contributed by atoms with Crippen LogP contribution in [0.3, 0.4) is 0 Å². The van der Waals surface area contributed by atoms with E-state index in [1.165, 1.54) is 22.2 Å². The third kappa shape index (κ3) is 6.91. The van der Waals surface area contributed by atoms with E-state index < -0.39 is 28.9 Å². The Morgan fingerprint density at radius 3 is 2.58 bits per heavy atom. The average Bonchev–Trinajstić information content (AvgIpc) is 3.35. The number of thioether (sulfide) groups is 1. The molecule has 0 saturated carbocycles. The molecule has 0 aliphatic carbocycles. The van der Waals surface area contributed by atoms with Gasteiger partial charge in [-0.1, -0.05) is 30.3 Å². The summed E-state index contributed by atoms with van der Waals surface area (Å²) in [5, 5.41) is 5.26. The Bertz CT molecular complexity index is 1130. The van der Waals surface area contributed by atoms with Crippen LogP contribution in [0.2, 0.25) is 0 Å². The van der Waals surface area contributed by atoms with Crippen molar-refractivity contribution in [3.05, 3.63) is 76.6 Å². The largest absolute Gasteiger partial charge is 0.353 e.